The first-order valence-corrected chi connectivity index (χ1v) is 12.1. The minimum Gasteiger partial charge on any atom is -0.465 e. The van der Waals surface area contributed by atoms with E-state index in [1.165, 1.54) is 50.7 Å². The summed E-state index contributed by atoms with van der Waals surface area (Å²) in [6.45, 7) is 0. The Balaban J connectivity index is 2.00. The first-order valence-electron chi connectivity index (χ1n) is 9.43. The Morgan fingerprint density at radius 3 is 2.53 bits per heavy atom. The molecule has 1 amide bonds. The van der Waals surface area contributed by atoms with Gasteiger partial charge in [0.2, 0.25) is 10.0 Å². The second kappa shape index (κ2) is 9.05. The molecule has 30 heavy (non-hydrogen) atoms. The molecule has 0 unspecified atom stereocenters. The van der Waals surface area contributed by atoms with E-state index in [1.807, 2.05) is 0 Å². The maximum Gasteiger partial charge on any atom is 0.341 e. The fraction of sp³-hybridized carbons (Fsp3) is 0.400. The summed E-state index contributed by atoms with van der Waals surface area (Å²) in [6, 6.07) is 3.96. The van der Waals surface area contributed by atoms with Gasteiger partial charge in [0.15, 0.2) is 0 Å². The molecule has 2 aromatic rings. The van der Waals surface area contributed by atoms with E-state index in [4.69, 9.17) is 16.3 Å². The standard InChI is InChI=1S/C20H23ClN2O5S2/c1-23(2)30(26,27)12-9-10-15(21)14(11-12)18(24)22-19-17(20(25)28-3)13-7-5-4-6-8-16(13)29-19/h9-11H,4-8H2,1-3H3,(H,22,24). The van der Waals surface area contributed by atoms with Crippen molar-refractivity contribution in [3.8, 4) is 0 Å². The molecule has 7 nitrogen and oxygen atoms in total. The molecule has 1 N–H and O–H groups in total. The van der Waals surface area contributed by atoms with E-state index in [1.54, 1.807) is 0 Å². The van der Waals surface area contributed by atoms with Crippen LogP contribution < -0.4 is 5.32 Å². The molecule has 0 saturated carbocycles. The van der Waals surface area contributed by atoms with Gasteiger partial charge in [-0.15, -0.1) is 11.3 Å². The number of fused-ring (bicyclic) bond motifs is 1. The lowest BCUT2D eigenvalue weighted by molar-refractivity contribution is 0.0601. The third-order valence-corrected chi connectivity index (χ3v) is 8.35. The molecular formula is C20H23ClN2O5S2. The molecule has 1 heterocycles. The van der Waals surface area contributed by atoms with Gasteiger partial charge in [-0.05, 0) is 49.4 Å². The molecule has 3 rings (SSSR count). The van der Waals surface area contributed by atoms with Crippen molar-refractivity contribution in [2.75, 3.05) is 26.5 Å². The highest BCUT2D eigenvalue weighted by Crippen LogP contribution is 2.38. The number of hydrogen-bond acceptors (Lipinski definition) is 6. The van der Waals surface area contributed by atoms with Crippen molar-refractivity contribution >= 4 is 49.8 Å². The van der Waals surface area contributed by atoms with Gasteiger partial charge in [0.25, 0.3) is 5.91 Å². The number of nitrogens with zero attached hydrogens (tertiary/aromatic N) is 1. The summed E-state index contributed by atoms with van der Waals surface area (Å²) < 4.78 is 30.8. The highest BCUT2D eigenvalue weighted by molar-refractivity contribution is 7.89. The quantitative estimate of drug-likeness (QED) is 0.527. The number of rotatable bonds is 5. The maximum absolute atomic E-state index is 13.0. The Hall–Kier alpha value is -1.94. The summed E-state index contributed by atoms with van der Waals surface area (Å²) in [6.07, 6.45) is 4.68. The fourth-order valence-electron chi connectivity index (χ4n) is 3.37. The maximum atomic E-state index is 13.0. The SMILES string of the molecule is COC(=O)c1c(NC(=O)c2cc(S(=O)(=O)N(C)C)ccc2Cl)sc2c1CCCCC2. The lowest BCUT2D eigenvalue weighted by Crippen LogP contribution is -2.23. The van der Waals surface area contributed by atoms with Crippen LogP contribution in [0.1, 0.15) is 50.4 Å². The Kier molecular flexibility index (Phi) is 6.86. The lowest BCUT2D eigenvalue weighted by atomic mass is 10.1. The molecule has 1 aliphatic rings. The van der Waals surface area contributed by atoms with Crippen LogP contribution in [0.15, 0.2) is 23.1 Å². The fourth-order valence-corrected chi connectivity index (χ4v) is 5.77. The number of amides is 1. The summed E-state index contributed by atoms with van der Waals surface area (Å²) in [5.41, 5.74) is 1.31. The minimum absolute atomic E-state index is 0.0130. The monoisotopic (exact) mass is 470 g/mol. The number of carbonyl (C=O) groups is 2. The van der Waals surface area contributed by atoms with Crippen LogP contribution in [0.5, 0.6) is 0 Å². The molecule has 162 valence electrons. The number of carbonyl (C=O) groups excluding carboxylic acids is 2. The highest BCUT2D eigenvalue weighted by Gasteiger charge is 2.27. The predicted octanol–water partition coefficient (Wildman–Crippen LogP) is 3.96. The number of thiophene rings is 1. The average Bonchev–Trinajstić information content (AvgIpc) is 2.87. The number of nitrogens with one attached hydrogen (secondary N) is 1. The molecule has 0 radical (unpaired) electrons. The summed E-state index contributed by atoms with van der Waals surface area (Å²) in [5, 5.41) is 3.27. The van der Waals surface area contributed by atoms with Crippen LogP contribution in [0.3, 0.4) is 0 Å². The van der Waals surface area contributed by atoms with Gasteiger partial charge in [0.05, 0.1) is 28.2 Å². The van der Waals surface area contributed by atoms with Crippen LogP contribution >= 0.6 is 22.9 Å². The van der Waals surface area contributed by atoms with E-state index in [9.17, 15) is 18.0 Å². The number of anilines is 1. The van der Waals surface area contributed by atoms with Crippen LogP contribution in [-0.2, 0) is 27.6 Å². The summed E-state index contributed by atoms with van der Waals surface area (Å²) in [7, 11) is 0.391. The van der Waals surface area contributed by atoms with Crippen molar-refractivity contribution in [2.24, 2.45) is 0 Å². The Bertz CT molecular complexity index is 1090. The Morgan fingerprint density at radius 1 is 1.17 bits per heavy atom. The van der Waals surface area contributed by atoms with Gasteiger partial charge in [-0.25, -0.2) is 17.5 Å². The van der Waals surface area contributed by atoms with Gasteiger partial charge >= 0.3 is 5.97 Å². The number of methoxy groups -OCH3 is 1. The molecule has 1 aromatic heterocycles. The highest BCUT2D eigenvalue weighted by atomic mass is 35.5. The molecule has 0 bridgehead atoms. The molecule has 10 heteroatoms. The molecule has 1 aliphatic carbocycles. The van der Waals surface area contributed by atoms with Crippen molar-refractivity contribution in [1.82, 2.24) is 4.31 Å². The number of sulfonamides is 1. The van der Waals surface area contributed by atoms with E-state index < -0.39 is 21.9 Å². The van der Waals surface area contributed by atoms with Gasteiger partial charge in [0, 0.05) is 19.0 Å². The summed E-state index contributed by atoms with van der Waals surface area (Å²) >= 11 is 7.54. The third kappa shape index (κ3) is 4.39. The van der Waals surface area contributed by atoms with Crippen LogP contribution in [0.4, 0.5) is 5.00 Å². The molecule has 0 spiro atoms. The number of esters is 1. The van der Waals surface area contributed by atoms with Crippen LogP contribution in [0.25, 0.3) is 0 Å². The molecule has 1 aromatic carbocycles. The summed E-state index contributed by atoms with van der Waals surface area (Å²) in [4.78, 5) is 26.4. The largest absolute Gasteiger partial charge is 0.465 e. The van der Waals surface area contributed by atoms with E-state index in [0.717, 1.165) is 46.8 Å². The van der Waals surface area contributed by atoms with Gasteiger partial charge in [-0.1, -0.05) is 18.0 Å². The molecule has 0 aliphatic heterocycles. The predicted molar refractivity (Wildman–Crippen MR) is 117 cm³/mol. The first kappa shape index (κ1) is 22.7. The third-order valence-electron chi connectivity index (χ3n) is 5.00. The molecule has 0 atom stereocenters. The zero-order chi connectivity index (χ0) is 22.1. The topological polar surface area (TPSA) is 92.8 Å². The minimum atomic E-state index is -3.73. The number of ether oxygens (including phenoxy) is 1. The van der Waals surface area contributed by atoms with Crippen molar-refractivity contribution in [3.05, 3.63) is 44.8 Å². The molecule has 0 fully saturated rings. The van der Waals surface area contributed by atoms with Crippen molar-refractivity contribution in [3.63, 3.8) is 0 Å². The van der Waals surface area contributed by atoms with Gasteiger partial charge in [-0.3, -0.25) is 4.79 Å². The van der Waals surface area contributed by atoms with Gasteiger partial charge in [0.1, 0.15) is 5.00 Å². The number of aryl methyl sites for hydroxylation is 1. The van der Waals surface area contributed by atoms with Gasteiger partial charge in [-0.2, -0.15) is 0 Å². The number of halogens is 1. The van der Waals surface area contributed by atoms with E-state index in [0.29, 0.717) is 10.6 Å². The summed E-state index contributed by atoms with van der Waals surface area (Å²) in [5.74, 6) is -1.09. The smallest absolute Gasteiger partial charge is 0.341 e. The number of hydrogen-bond donors (Lipinski definition) is 1. The van der Waals surface area contributed by atoms with E-state index >= 15 is 0 Å². The zero-order valence-electron chi connectivity index (χ0n) is 17.0. The van der Waals surface area contributed by atoms with E-state index in [-0.39, 0.29) is 15.5 Å². The first-order chi connectivity index (χ1) is 14.2. The lowest BCUT2D eigenvalue weighted by Gasteiger charge is -2.13. The van der Waals surface area contributed by atoms with Crippen molar-refractivity contribution < 1.29 is 22.7 Å². The van der Waals surface area contributed by atoms with Crippen molar-refractivity contribution in [2.45, 2.75) is 37.0 Å². The molecule has 0 saturated heterocycles. The second-order valence-electron chi connectivity index (χ2n) is 7.14. The van der Waals surface area contributed by atoms with E-state index in [2.05, 4.69) is 5.32 Å². The van der Waals surface area contributed by atoms with Crippen LogP contribution in [-0.4, -0.2) is 45.8 Å². The van der Waals surface area contributed by atoms with Crippen LogP contribution in [0, 0.1) is 0 Å². The van der Waals surface area contributed by atoms with Crippen LogP contribution in [0.2, 0.25) is 5.02 Å². The average molecular weight is 471 g/mol. The second-order valence-corrected chi connectivity index (χ2v) is 10.8. The normalized spacial score (nSPS) is 14.2. The van der Waals surface area contributed by atoms with Gasteiger partial charge < -0.3 is 10.1 Å². The Labute approximate surface area is 185 Å². The molecular weight excluding hydrogens is 448 g/mol. The Morgan fingerprint density at radius 2 is 1.87 bits per heavy atom. The zero-order valence-corrected chi connectivity index (χ0v) is 19.3. The van der Waals surface area contributed by atoms with Crippen molar-refractivity contribution in [1.29, 1.82) is 0 Å². The number of benzene rings is 1.